The van der Waals surface area contributed by atoms with E-state index in [1.165, 1.54) is 18.1 Å². The van der Waals surface area contributed by atoms with Crippen LogP contribution in [-0.2, 0) is 36.4 Å². The van der Waals surface area contributed by atoms with E-state index in [4.69, 9.17) is 24.2 Å². The molecule has 0 aliphatic carbocycles. The van der Waals surface area contributed by atoms with Crippen molar-refractivity contribution in [3.05, 3.63) is 5.16 Å². The van der Waals surface area contributed by atoms with Gasteiger partial charge >= 0.3 is 35.0 Å². The first-order valence-electron chi connectivity index (χ1n) is 3.81. The Morgan fingerprint density at radius 3 is 1.23 bits per heavy atom. The summed E-state index contributed by atoms with van der Waals surface area (Å²) in [6.45, 7) is 6.97. The topological polar surface area (TPSA) is 22.3 Å². The molecule has 0 N–H and O–H groups in total. The van der Waals surface area contributed by atoms with Gasteiger partial charge in [-0.3, -0.25) is 9.03 Å². The van der Waals surface area contributed by atoms with Crippen LogP contribution in [0.4, 0.5) is 0 Å². The molecule has 90 valence electrons. The molecule has 0 rings (SSSR count). The molecule has 0 spiro atoms. The van der Waals surface area contributed by atoms with Crippen LogP contribution in [0.1, 0.15) is 20.8 Å². The standard InChI is InChI=1S/C6H16Si.2ClH.HNP.2Pd/c1-4-7(5-2)6-3;;;1-2;;/h7H,4-6H2,1-3H3;2*1H;2H;;/q;;;-1;;+2/p-2. The van der Waals surface area contributed by atoms with E-state index in [1.807, 2.05) is 9.03 Å². The zero-order valence-corrected chi connectivity index (χ0v) is 14.8. The Morgan fingerprint density at radius 1 is 1.08 bits per heavy atom. The third kappa shape index (κ3) is 31.4. The Morgan fingerprint density at radius 2 is 1.23 bits per heavy atom. The van der Waals surface area contributed by atoms with Gasteiger partial charge in [0.1, 0.15) is 0 Å². The van der Waals surface area contributed by atoms with Crippen molar-refractivity contribution in [3.63, 3.8) is 0 Å². The summed E-state index contributed by atoms with van der Waals surface area (Å²) >= 11 is -0.106. The fraction of sp³-hybridized carbons (Fsp3) is 1.00. The summed E-state index contributed by atoms with van der Waals surface area (Å²) < 4.78 is 0. The van der Waals surface area contributed by atoms with E-state index in [0.717, 1.165) is 0 Å². The average Bonchev–Trinajstić information content (AvgIpc) is 2.12. The largest absolute Gasteiger partial charge is 0.786 e. The van der Waals surface area contributed by atoms with Crippen LogP contribution in [0.3, 0.4) is 0 Å². The van der Waals surface area contributed by atoms with Gasteiger partial charge < -0.3 is 5.16 Å². The summed E-state index contributed by atoms with van der Waals surface area (Å²) in [6, 6.07) is 4.48. The van der Waals surface area contributed by atoms with Crippen LogP contribution in [0.25, 0.3) is 5.16 Å². The molecule has 0 unspecified atom stereocenters. The quantitative estimate of drug-likeness (QED) is 0.450. The minimum absolute atomic E-state index is 0. The molecule has 0 saturated heterocycles. The molecule has 0 bridgehead atoms. The fourth-order valence-electron chi connectivity index (χ4n) is 0.866. The van der Waals surface area contributed by atoms with E-state index in [2.05, 4.69) is 20.8 Å². The van der Waals surface area contributed by atoms with Gasteiger partial charge in [0.15, 0.2) is 0 Å². The van der Waals surface area contributed by atoms with Gasteiger partial charge in [0, 0.05) is 29.2 Å². The first-order valence-corrected chi connectivity index (χ1v) is 10.7. The molecule has 0 fully saturated rings. The summed E-state index contributed by atoms with van der Waals surface area (Å²) in [6.07, 6.45) is 0. The molecule has 13 heavy (non-hydrogen) atoms. The number of hydrogen-bond donors (Lipinski definition) is 0. The summed E-state index contributed by atoms with van der Waals surface area (Å²) in [7, 11) is 11.4. The Hall–Kier alpha value is 2.22. The Labute approximate surface area is 116 Å². The molecule has 0 aromatic carbocycles. The van der Waals surface area contributed by atoms with E-state index in [1.54, 1.807) is 0 Å². The van der Waals surface area contributed by atoms with E-state index < -0.39 is 0 Å². The van der Waals surface area contributed by atoms with Crippen LogP contribution in [0.2, 0.25) is 18.1 Å². The molecule has 7 heteroatoms. The van der Waals surface area contributed by atoms with Crippen molar-refractivity contribution in [2.24, 2.45) is 0 Å². The number of nitrogens with zero attached hydrogens (tertiary/aromatic N) is 1. The Kier molecular flexibility index (Phi) is 55.0. The van der Waals surface area contributed by atoms with Crippen molar-refractivity contribution < 1.29 is 36.4 Å². The minimum Gasteiger partial charge on any atom is -0.786 e. The van der Waals surface area contributed by atoms with Crippen LogP contribution in [0.15, 0.2) is 0 Å². The van der Waals surface area contributed by atoms with Gasteiger partial charge in [0.2, 0.25) is 0 Å². The smallest absolute Gasteiger partial charge is 0 e. The van der Waals surface area contributed by atoms with Crippen LogP contribution in [-0.4, -0.2) is 8.80 Å². The third-order valence-corrected chi connectivity index (χ3v) is 5.20. The first kappa shape index (κ1) is 24.4. The molecule has 0 aromatic heterocycles. The van der Waals surface area contributed by atoms with Crippen molar-refractivity contribution >= 4 is 36.9 Å². The van der Waals surface area contributed by atoms with Crippen LogP contribution < -0.4 is 0 Å². The molecule has 0 radical (unpaired) electrons. The molecule has 0 atom stereocenters. The van der Waals surface area contributed by atoms with Gasteiger partial charge in [-0.1, -0.05) is 38.9 Å². The van der Waals surface area contributed by atoms with Crippen molar-refractivity contribution in [2.75, 3.05) is 0 Å². The predicted molar refractivity (Wildman–Crippen MR) is 62.0 cm³/mol. The molecule has 0 aliphatic heterocycles. The first-order chi connectivity index (χ1) is 5.76. The van der Waals surface area contributed by atoms with Gasteiger partial charge in [0.25, 0.3) is 0 Å². The second-order valence-electron chi connectivity index (χ2n) is 2.14. The van der Waals surface area contributed by atoms with E-state index in [9.17, 15) is 0 Å². The fourth-order valence-corrected chi connectivity index (χ4v) is 2.60. The molecule has 0 saturated carbocycles. The predicted octanol–water partition coefficient (Wildman–Crippen LogP) is 4.53. The number of rotatable bonds is 3. The van der Waals surface area contributed by atoms with E-state index in [0.29, 0.717) is 0 Å². The maximum absolute atomic E-state index is 6.81. The SMILES string of the molecule is CC[SiH](CC)CC.[Cl][Pd][Cl].[N-]=P.[Pd]. The molecule has 0 heterocycles. The van der Waals surface area contributed by atoms with Crippen molar-refractivity contribution in [3.8, 4) is 0 Å². The zero-order chi connectivity index (χ0) is 10.4. The summed E-state index contributed by atoms with van der Waals surface area (Å²) in [5, 5.41) is 6.81. The maximum Gasteiger partial charge on any atom is 0 e. The van der Waals surface area contributed by atoms with Gasteiger partial charge in [-0.05, 0) is 0 Å². The third-order valence-electron chi connectivity index (χ3n) is 1.73. The summed E-state index contributed by atoms with van der Waals surface area (Å²) in [5.41, 5.74) is 0. The van der Waals surface area contributed by atoms with Crippen LogP contribution in [0, 0.1) is 0 Å². The van der Waals surface area contributed by atoms with Crippen molar-refractivity contribution in [2.45, 2.75) is 38.9 Å². The van der Waals surface area contributed by atoms with Crippen LogP contribution in [0.5, 0.6) is 0 Å². The van der Waals surface area contributed by atoms with E-state index in [-0.39, 0.29) is 45.2 Å². The molecule has 0 aliphatic rings. The number of hydrogen-bond acceptors (Lipinski definition) is 0. The Bertz CT molecular complexity index is 67.1. The summed E-state index contributed by atoms with van der Waals surface area (Å²) in [5.74, 6) is 0. The second-order valence-corrected chi connectivity index (χ2v) is 8.68. The molecule has 0 aromatic rings. The zero-order valence-electron chi connectivity index (χ0n) is 8.03. The Balaban J connectivity index is -0.0000000581. The maximum atomic E-state index is 6.81. The minimum atomic E-state index is -0.171. The van der Waals surface area contributed by atoms with Gasteiger partial charge in [-0.2, -0.15) is 0 Å². The van der Waals surface area contributed by atoms with Gasteiger partial charge in [0.05, 0.1) is 0 Å². The molecule has 1 nitrogen and oxygen atoms in total. The number of halogens is 2. The van der Waals surface area contributed by atoms with Crippen molar-refractivity contribution in [1.82, 2.24) is 0 Å². The monoisotopic (exact) mass is 444 g/mol. The molecule has 0 amide bonds. The summed E-state index contributed by atoms with van der Waals surface area (Å²) in [4.78, 5) is 0. The van der Waals surface area contributed by atoms with Gasteiger partial charge in [-0.15, -0.1) is 0 Å². The van der Waals surface area contributed by atoms with E-state index >= 15 is 0 Å². The van der Waals surface area contributed by atoms with Crippen molar-refractivity contribution in [1.29, 1.82) is 0 Å². The average molecular weight is 446 g/mol. The van der Waals surface area contributed by atoms with Crippen LogP contribution >= 0.6 is 28.1 Å². The second kappa shape index (κ2) is 29.2. The normalized spacial score (nSPS) is 7.54. The van der Waals surface area contributed by atoms with Gasteiger partial charge in [-0.25, -0.2) is 0 Å². The molecular formula is C6H17Cl2NPPd2Si-. The molecular weight excluding hydrogens is 429 g/mol.